The van der Waals surface area contributed by atoms with Gasteiger partial charge in [-0.2, -0.15) is 0 Å². The lowest BCUT2D eigenvalue weighted by atomic mass is 10.1. The molecule has 0 aromatic heterocycles. The standard InChI is InChI=1S/C7H14N2O3/c8-4-3-6(10)5(9)1-2-7(11)12/h5H,1-4,8-9H2,(H,11,12)/t5-/m0/s1. The van der Waals surface area contributed by atoms with Crippen LogP contribution in [0.15, 0.2) is 0 Å². The number of carbonyl (C=O) groups is 2. The molecule has 0 fully saturated rings. The first-order chi connectivity index (χ1) is 5.57. The molecular formula is C7H14N2O3. The van der Waals surface area contributed by atoms with E-state index in [2.05, 4.69) is 0 Å². The second-order valence-electron chi connectivity index (χ2n) is 2.54. The molecule has 0 aromatic carbocycles. The van der Waals surface area contributed by atoms with Crippen LogP contribution in [-0.2, 0) is 9.59 Å². The van der Waals surface area contributed by atoms with E-state index in [0.29, 0.717) is 0 Å². The van der Waals surface area contributed by atoms with Gasteiger partial charge in [0, 0.05) is 12.8 Å². The van der Waals surface area contributed by atoms with Crippen LogP contribution in [0.5, 0.6) is 0 Å². The molecule has 0 radical (unpaired) electrons. The molecule has 0 aliphatic heterocycles. The number of carbonyl (C=O) groups excluding carboxylic acids is 1. The normalized spacial score (nSPS) is 12.5. The minimum atomic E-state index is -0.939. The smallest absolute Gasteiger partial charge is 0.303 e. The van der Waals surface area contributed by atoms with E-state index < -0.39 is 12.0 Å². The lowest BCUT2D eigenvalue weighted by Crippen LogP contribution is -2.32. The van der Waals surface area contributed by atoms with Crippen molar-refractivity contribution in [2.45, 2.75) is 25.3 Å². The van der Waals surface area contributed by atoms with E-state index in [0.717, 1.165) is 0 Å². The van der Waals surface area contributed by atoms with Gasteiger partial charge in [0.1, 0.15) is 0 Å². The van der Waals surface area contributed by atoms with Gasteiger partial charge in [-0.15, -0.1) is 0 Å². The van der Waals surface area contributed by atoms with E-state index in [1.54, 1.807) is 0 Å². The van der Waals surface area contributed by atoms with Gasteiger partial charge in [-0.3, -0.25) is 9.59 Å². The minimum absolute atomic E-state index is 0.0719. The molecule has 12 heavy (non-hydrogen) atoms. The molecule has 1 atom stereocenters. The molecule has 5 heteroatoms. The Bertz CT molecular complexity index is 170. The summed E-state index contributed by atoms with van der Waals surface area (Å²) >= 11 is 0. The molecular weight excluding hydrogens is 160 g/mol. The van der Waals surface area contributed by atoms with E-state index in [4.69, 9.17) is 16.6 Å². The van der Waals surface area contributed by atoms with Crippen molar-refractivity contribution in [3.63, 3.8) is 0 Å². The van der Waals surface area contributed by atoms with Gasteiger partial charge in [0.05, 0.1) is 6.04 Å². The fourth-order valence-corrected chi connectivity index (χ4v) is 0.768. The van der Waals surface area contributed by atoms with E-state index in [1.165, 1.54) is 0 Å². The van der Waals surface area contributed by atoms with Gasteiger partial charge in [-0.1, -0.05) is 0 Å². The SMILES string of the molecule is NCCC(=O)[C@@H](N)CCC(=O)O. The number of rotatable bonds is 6. The average Bonchev–Trinajstić information content (AvgIpc) is 2.00. The van der Waals surface area contributed by atoms with Gasteiger partial charge in [0.15, 0.2) is 5.78 Å². The summed E-state index contributed by atoms with van der Waals surface area (Å²) in [6.45, 7) is 0.263. The zero-order valence-corrected chi connectivity index (χ0v) is 6.82. The Morgan fingerprint density at radius 1 is 1.33 bits per heavy atom. The van der Waals surface area contributed by atoms with Crippen molar-refractivity contribution >= 4 is 11.8 Å². The molecule has 5 N–H and O–H groups in total. The van der Waals surface area contributed by atoms with Crippen molar-refractivity contribution in [3.8, 4) is 0 Å². The van der Waals surface area contributed by atoms with Crippen LogP contribution < -0.4 is 11.5 Å². The maximum absolute atomic E-state index is 11.0. The molecule has 0 rings (SSSR count). The molecule has 0 aliphatic carbocycles. The van der Waals surface area contributed by atoms with E-state index in [1.807, 2.05) is 0 Å². The molecule has 0 bridgehead atoms. The molecule has 0 saturated carbocycles. The van der Waals surface area contributed by atoms with E-state index in [-0.39, 0.29) is 31.6 Å². The van der Waals surface area contributed by atoms with Crippen LogP contribution in [0.25, 0.3) is 0 Å². The highest BCUT2D eigenvalue weighted by Crippen LogP contribution is 1.97. The van der Waals surface area contributed by atoms with Crippen molar-refractivity contribution in [2.75, 3.05) is 6.54 Å². The first-order valence-electron chi connectivity index (χ1n) is 3.78. The molecule has 0 spiro atoms. The highest BCUT2D eigenvalue weighted by Gasteiger charge is 2.13. The summed E-state index contributed by atoms with van der Waals surface area (Å²) in [6, 6.07) is -0.676. The topological polar surface area (TPSA) is 106 Å². The maximum atomic E-state index is 11.0. The Morgan fingerprint density at radius 3 is 2.33 bits per heavy atom. The van der Waals surface area contributed by atoms with Crippen LogP contribution in [0.3, 0.4) is 0 Å². The predicted octanol–water partition coefficient (Wildman–Crippen LogP) is -0.904. The number of carboxylic acids is 1. The van der Waals surface area contributed by atoms with Crippen LogP contribution in [0, 0.1) is 0 Å². The predicted molar refractivity (Wildman–Crippen MR) is 43.5 cm³/mol. The summed E-state index contributed by atoms with van der Waals surface area (Å²) in [5.74, 6) is -1.11. The third-order valence-electron chi connectivity index (χ3n) is 1.47. The molecule has 70 valence electrons. The van der Waals surface area contributed by atoms with E-state index in [9.17, 15) is 9.59 Å². The van der Waals surface area contributed by atoms with Crippen molar-refractivity contribution in [3.05, 3.63) is 0 Å². The van der Waals surface area contributed by atoms with Gasteiger partial charge in [0.25, 0.3) is 0 Å². The Morgan fingerprint density at radius 2 is 1.92 bits per heavy atom. The van der Waals surface area contributed by atoms with Gasteiger partial charge in [-0.25, -0.2) is 0 Å². The molecule has 0 unspecified atom stereocenters. The van der Waals surface area contributed by atoms with E-state index >= 15 is 0 Å². The third kappa shape index (κ3) is 4.81. The largest absolute Gasteiger partial charge is 0.481 e. The number of hydrogen-bond acceptors (Lipinski definition) is 4. The summed E-state index contributed by atoms with van der Waals surface area (Å²) in [7, 11) is 0. The van der Waals surface area contributed by atoms with Crippen LogP contribution in [0.4, 0.5) is 0 Å². The van der Waals surface area contributed by atoms with Gasteiger partial charge >= 0.3 is 5.97 Å². The number of ketones is 1. The average molecular weight is 174 g/mol. The monoisotopic (exact) mass is 174 g/mol. The summed E-state index contributed by atoms with van der Waals surface area (Å²) in [4.78, 5) is 21.1. The third-order valence-corrected chi connectivity index (χ3v) is 1.47. The van der Waals surface area contributed by atoms with Crippen molar-refractivity contribution in [1.82, 2.24) is 0 Å². The lowest BCUT2D eigenvalue weighted by Gasteiger charge is -2.07. The first kappa shape index (κ1) is 11.1. The van der Waals surface area contributed by atoms with Crippen LogP contribution in [0.1, 0.15) is 19.3 Å². The van der Waals surface area contributed by atoms with Gasteiger partial charge in [0.2, 0.25) is 0 Å². The fourth-order valence-electron chi connectivity index (χ4n) is 0.768. The van der Waals surface area contributed by atoms with Crippen LogP contribution in [-0.4, -0.2) is 29.4 Å². The molecule has 0 saturated heterocycles. The summed E-state index contributed by atoms with van der Waals surface area (Å²) < 4.78 is 0. The van der Waals surface area contributed by atoms with Crippen LogP contribution in [0.2, 0.25) is 0 Å². The molecule has 0 aromatic rings. The zero-order valence-electron chi connectivity index (χ0n) is 6.82. The van der Waals surface area contributed by atoms with Crippen LogP contribution >= 0.6 is 0 Å². The Hall–Kier alpha value is -0.940. The van der Waals surface area contributed by atoms with Crippen molar-refractivity contribution in [2.24, 2.45) is 11.5 Å². The van der Waals surface area contributed by atoms with Gasteiger partial charge in [-0.05, 0) is 13.0 Å². The maximum Gasteiger partial charge on any atom is 0.303 e. The quantitative estimate of drug-likeness (QED) is 0.483. The fraction of sp³-hybridized carbons (Fsp3) is 0.714. The first-order valence-corrected chi connectivity index (χ1v) is 3.78. The Kier molecular flexibility index (Phi) is 5.23. The van der Waals surface area contributed by atoms with Gasteiger partial charge < -0.3 is 16.6 Å². The molecule has 0 heterocycles. The second-order valence-corrected chi connectivity index (χ2v) is 2.54. The molecule has 0 amide bonds. The lowest BCUT2D eigenvalue weighted by molar-refractivity contribution is -0.137. The highest BCUT2D eigenvalue weighted by atomic mass is 16.4. The number of nitrogens with two attached hydrogens (primary N) is 2. The zero-order chi connectivity index (χ0) is 9.56. The summed E-state index contributed by atoms with van der Waals surface area (Å²) in [5.41, 5.74) is 10.5. The molecule has 0 aliphatic rings. The Labute approximate surface area is 70.7 Å². The number of hydrogen-bond donors (Lipinski definition) is 3. The van der Waals surface area contributed by atoms with Crippen molar-refractivity contribution in [1.29, 1.82) is 0 Å². The summed E-state index contributed by atoms with van der Waals surface area (Å²) in [6.07, 6.45) is 0.340. The second kappa shape index (κ2) is 5.68. The summed E-state index contributed by atoms with van der Waals surface area (Å²) in [5, 5.41) is 8.28. The number of carboxylic acid groups (broad SMARTS) is 1. The number of Topliss-reactive ketones (excluding diaryl/α,β-unsaturated/α-hetero) is 1. The van der Waals surface area contributed by atoms with Crippen molar-refractivity contribution < 1.29 is 14.7 Å². The Balaban J connectivity index is 3.63. The highest BCUT2D eigenvalue weighted by molar-refractivity contribution is 5.84. The molecule has 5 nitrogen and oxygen atoms in total. The minimum Gasteiger partial charge on any atom is -0.481 e. The number of aliphatic carboxylic acids is 1.